The number of nitrogens with zero attached hydrogens (tertiary/aromatic N) is 3. The summed E-state index contributed by atoms with van der Waals surface area (Å²) >= 11 is 6.31. The molecule has 1 aliphatic rings. The summed E-state index contributed by atoms with van der Waals surface area (Å²) in [5.74, 6) is 0.994. The Morgan fingerprint density at radius 2 is 1.84 bits per heavy atom. The average molecular weight is 612 g/mol. The average Bonchev–Trinajstić information content (AvgIpc) is 3.30. The topological polar surface area (TPSA) is 85.4 Å². The number of hydrogen-bond donors (Lipinski definition) is 2. The van der Waals surface area contributed by atoms with Crippen molar-refractivity contribution in [2.75, 3.05) is 18.5 Å². The quantitative estimate of drug-likeness (QED) is 0.215. The molecule has 0 bridgehead atoms. The predicted octanol–water partition coefficient (Wildman–Crippen LogP) is 7.60. The molecule has 1 aromatic heterocycles. The number of anilines is 1. The first kappa shape index (κ1) is 30.4. The monoisotopic (exact) mass is 611 g/mol. The van der Waals surface area contributed by atoms with Crippen LogP contribution in [0.2, 0.25) is 5.02 Å². The highest BCUT2D eigenvalue weighted by atomic mass is 35.5. The Morgan fingerprint density at radius 1 is 1.12 bits per heavy atom. The van der Waals surface area contributed by atoms with Crippen molar-refractivity contribution in [2.24, 2.45) is 11.7 Å². The van der Waals surface area contributed by atoms with Gasteiger partial charge in [-0.1, -0.05) is 55.8 Å². The SMILES string of the molecule is Cc1cccc(OCC(C)C)c1-n1nc2c(c1-c1ccc(NC(N)=O)cc1)CN(Cc1c(Cl)cccc1C(F)(F)F)CC2. The molecule has 0 spiro atoms. The molecule has 3 N–H and O–H groups in total. The number of fused-ring (bicyclic) bond motifs is 1. The maximum absolute atomic E-state index is 13.9. The van der Waals surface area contributed by atoms with E-state index in [0.29, 0.717) is 43.5 Å². The van der Waals surface area contributed by atoms with Gasteiger partial charge in [0.15, 0.2) is 0 Å². The third-order valence-electron chi connectivity index (χ3n) is 7.33. The van der Waals surface area contributed by atoms with Crippen LogP contribution in [0.5, 0.6) is 5.75 Å². The van der Waals surface area contributed by atoms with Crippen LogP contribution in [0.3, 0.4) is 0 Å². The number of aromatic nitrogens is 2. The van der Waals surface area contributed by atoms with E-state index in [-0.39, 0.29) is 17.1 Å². The van der Waals surface area contributed by atoms with Crippen LogP contribution in [0.4, 0.5) is 23.7 Å². The van der Waals surface area contributed by atoms with Crippen molar-refractivity contribution < 1.29 is 22.7 Å². The van der Waals surface area contributed by atoms with Crippen LogP contribution in [0.25, 0.3) is 16.9 Å². The number of carbonyl (C=O) groups excluding carboxylic acids is 1. The van der Waals surface area contributed by atoms with Gasteiger partial charge >= 0.3 is 12.2 Å². The van der Waals surface area contributed by atoms with E-state index in [0.717, 1.165) is 39.8 Å². The molecule has 0 saturated carbocycles. The van der Waals surface area contributed by atoms with Crippen molar-refractivity contribution in [3.05, 3.63) is 93.6 Å². The zero-order valence-electron chi connectivity index (χ0n) is 24.1. The number of aryl methyl sites for hydroxylation is 1. The standard InChI is InChI=1S/C32H33ClF3N5O2/c1-19(2)18-43-28-9-4-6-20(3)29(28)41-30(21-10-12-22(13-11-21)38-31(37)42)24-17-40(15-14-27(24)39-41)16-23-25(32(34,35)36)7-5-8-26(23)33/h4-13,19H,14-18H2,1-3H3,(H3,37,38,42). The summed E-state index contributed by atoms with van der Waals surface area (Å²) in [6.45, 7) is 7.57. The third kappa shape index (κ3) is 6.65. The van der Waals surface area contributed by atoms with Gasteiger partial charge in [-0.25, -0.2) is 9.48 Å². The maximum Gasteiger partial charge on any atom is 0.416 e. The molecule has 43 heavy (non-hydrogen) atoms. The van der Waals surface area contributed by atoms with Crippen LogP contribution in [-0.2, 0) is 25.7 Å². The number of para-hydroxylation sites is 1. The summed E-state index contributed by atoms with van der Waals surface area (Å²) in [6.07, 6.45) is -3.98. The largest absolute Gasteiger partial charge is 0.491 e. The fraction of sp³-hybridized carbons (Fsp3) is 0.312. The Labute approximate surface area is 253 Å². The summed E-state index contributed by atoms with van der Waals surface area (Å²) in [7, 11) is 0. The van der Waals surface area contributed by atoms with E-state index in [2.05, 4.69) is 19.2 Å². The predicted molar refractivity (Wildman–Crippen MR) is 162 cm³/mol. The number of carbonyl (C=O) groups is 1. The first-order valence-corrected chi connectivity index (χ1v) is 14.4. The molecule has 0 saturated heterocycles. The molecule has 7 nitrogen and oxygen atoms in total. The van der Waals surface area contributed by atoms with E-state index in [1.54, 1.807) is 12.1 Å². The summed E-state index contributed by atoms with van der Waals surface area (Å²) in [5.41, 5.74) is 10.3. The Kier molecular flexibility index (Phi) is 8.71. The molecule has 0 radical (unpaired) electrons. The summed E-state index contributed by atoms with van der Waals surface area (Å²) < 4.78 is 49.7. The molecule has 5 rings (SSSR count). The Hall–Kier alpha value is -4.02. The zero-order chi connectivity index (χ0) is 30.9. The lowest BCUT2D eigenvalue weighted by atomic mass is 9.99. The van der Waals surface area contributed by atoms with Gasteiger partial charge in [0.05, 0.1) is 23.6 Å². The number of nitrogens with two attached hydrogens (primary N) is 1. The summed E-state index contributed by atoms with van der Waals surface area (Å²) in [6, 6.07) is 16.3. The third-order valence-corrected chi connectivity index (χ3v) is 7.68. The second kappa shape index (κ2) is 12.3. The lowest BCUT2D eigenvalue weighted by molar-refractivity contribution is -0.138. The van der Waals surface area contributed by atoms with E-state index >= 15 is 0 Å². The first-order valence-electron chi connectivity index (χ1n) is 14.0. The van der Waals surface area contributed by atoms with Crippen molar-refractivity contribution in [2.45, 2.75) is 46.5 Å². The van der Waals surface area contributed by atoms with Crippen LogP contribution >= 0.6 is 11.6 Å². The first-order chi connectivity index (χ1) is 20.4. The minimum Gasteiger partial charge on any atom is -0.491 e. The van der Waals surface area contributed by atoms with Crippen molar-refractivity contribution in [1.82, 2.24) is 14.7 Å². The van der Waals surface area contributed by atoms with Gasteiger partial charge < -0.3 is 15.8 Å². The van der Waals surface area contributed by atoms with Gasteiger partial charge in [0.1, 0.15) is 11.4 Å². The smallest absolute Gasteiger partial charge is 0.416 e. The highest BCUT2D eigenvalue weighted by Gasteiger charge is 2.35. The van der Waals surface area contributed by atoms with Crippen LogP contribution < -0.4 is 15.8 Å². The normalized spacial score (nSPS) is 13.7. The van der Waals surface area contributed by atoms with E-state index in [4.69, 9.17) is 27.2 Å². The number of ether oxygens (including phenoxy) is 1. The van der Waals surface area contributed by atoms with Crippen molar-refractivity contribution in [3.8, 4) is 22.7 Å². The number of amides is 2. The van der Waals surface area contributed by atoms with Crippen LogP contribution in [-0.4, -0.2) is 33.9 Å². The molecule has 2 amide bonds. The number of halogens is 4. The van der Waals surface area contributed by atoms with E-state index in [1.165, 1.54) is 12.1 Å². The number of primary amides is 1. The van der Waals surface area contributed by atoms with Gasteiger partial charge in [-0.05, 0) is 54.3 Å². The molecule has 226 valence electrons. The Balaban J connectivity index is 1.61. The van der Waals surface area contributed by atoms with Gasteiger partial charge in [-0.15, -0.1) is 0 Å². The molecule has 2 heterocycles. The van der Waals surface area contributed by atoms with Crippen molar-refractivity contribution in [1.29, 1.82) is 0 Å². The highest BCUT2D eigenvalue weighted by Crippen LogP contribution is 2.39. The maximum atomic E-state index is 13.9. The molecule has 0 atom stereocenters. The number of alkyl halides is 3. The lowest BCUT2D eigenvalue weighted by Gasteiger charge is -2.28. The van der Waals surface area contributed by atoms with Crippen molar-refractivity contribution in [3.63, 3.8) is 0 Å². The number of rotatable bonds is 8. The fourth-order valence-electron chi connectivity index (χ4n) is 5.36. The van der Waals surface area contributed by atoms with E-state index in [9.17, 15) is 18.0 Å². The van der Waals surface area contributed by atoms with E-state index in [1.807, 2.05) is 46.8 Å². The number of hydrogen-bond acceptors (Lipinski definition) is 4. The highest BCUT2D eigenvalue weighted by molar-refractivity contribution is 6.31. The molecular weight excluding hydrogens is 579 g/mol. The zero-order valence-corrected chi connectivity index (χ0v) is 24.9. The van der Waals surface area contributed by atoms with Crippen LogP contribution in [0.15, 0.2) is 60.7 Å². The molecule has 0 aliphatic carbocycles. The Bertz CT molecular complexity index is 1630. The number of nitrogens with one attached hydrogen (secondary N) is 1. The second-order valence-corrected chi connectivity index (χ2v) is 11.5. The Morgan fingerprint density at radius 3 is 2.51 bits per heavy atom. The molecule has 4 aromatic rings. The minimum absolute atomic E-state index is 0.0349. The molecule has 11 heteroatoms. The molecule has 1 aliphatic heterocycles. The van der Waals surface area contributed by atoms with E-state index < -0.39 is 17.8 Å². The number of benzene rings is 3. The van der Waals surface area contributed by atoms with Crippen molar-refractivity contribution >= 4 is 23.3 Å². The van der Waals surface area contributed by atoms with Gasteiger partial charge in [-0.2, -0.15) is 18.3 Å². The van der Waals surface area contributed by atoms with Gasteiger partial charge in [0, 0.05) is 47.9 Å². The van der Waals surface area contributed by atoms with Gasteiger partial charge in [0.2, 0.25) is 0 Å². The minimum atomic E-state index is -4.52. The second-order valence-electron chi connectivity index (χ2n) is 11.1. The molecule has 3 aromatic carbocycles. The lowest BCUT2D eigenvalue weighted by Crippen LogP contribution is -2.31. The van der Waals surface area contributed by atoms with Gasteiger partial charge in [0.25, 0.3) is 0 Å². The fourth-order valence-corrected chi connectivity index (χ4v) is 5.60. The number of urea groups is 1. The molecular formula is C32H33ClF3N5O2. The molecule has 0 fully saturated rings. The summed E-state index contributed by atoms with van der Waals surface area (Å²) in [4.78, 5) is 13.4. The van der Waals surface area contributed by atoms with Crippen LogP contribution in [0.1, 0.15) is 41.8 Å². The van der Waals surface area contributed by atoms with Gasteiger partial charge in [-0.3, -0.25) is 4.90 Å². The summed E-state index contributed by atoms with van der Waals surface area (Å²) in [5, 5.41) is 7.70. The molecule has 0 unspecified atom stereocenters. The van der Waals surface area contributed by atoms with Crippen LogP contribution in [0, 0.1) is 12.8 Å².